The fourth-order valence-electron chi connectivity index (χ4n) is 2.01. The molecule has 0 bridgehead atoms. The summed E-state index contributed by atoms with van der Waals surface area (Å²) in [5, 5.41) is 0.863. The van der Waals surface area contributed by atoms with E-state index in [0.29, 0.717) is 23.3 Å². The Morgan fingerprint density at radius 1 is 1.39 bits per heavy atom. The Morgan fingerprint density at radius 2 is 2.11 bits per heavy atom. The predicted octanol–water partition coefficient (Wildman–Crippen LogP) is 2.59. The van der Waals surface area contributed by atoms with Crippen LogP contribution in [-0.2, 0) is 11.2 Å². The van der Waals surface area contributed by atoms with Crippen LogP contribution in [0.5, 0.6) is 5.75 Å². The van der Waals surface area contributed by atoms with Gasteiger partial charge in [0.2, 0.25) is 0 Å². The zero-order valence-corrected chi connectivity index (χ0v) is 10.6. The van der Waals surface area contributed by atoms with E-state index in [9.17, 15) is 9.59 Å². The summed E-state index contributed by atoms with van der Waals surface area (Å²) in [5.74, 6) is -0.0274. The Labute approximate surface area is 104 Å². The summed E-state index contributed by atoms with van der Waals surface area (Å²) in [4.78, 5) is 22.6. The van der Waals surface area contributed by atoms with Gasteiger partial charge in [0.15, 0.2) is 0 Å². The van der Waals surface area contributed by atoms with Crippen LogP contribution in [0.1, 0.15) is 25.0 Å². The summed E-state index contributed by atoms with van der Waals surface area (Å²) < 4.78 is 10.2. The maximum atomic E-state index is 11.7. The van der Waals surface area contributed by atoms with Gasteiger partial charge in [-0.15, -0.1) is 0 Å². The molecular formula is C14H14O4. The highest BCUT2D eigenvalue weighted by molar-refractivity contribution is 5.83. The Bertz CT molecular complexity index is 667. The molecule has 0 saturated carbocycles. The molecule has 4 heteroatoms. The molecule has 0 amide bonds. The van der Waals surface area contributed by atoms with Crippen molar-refractivity contribution in [3.63, 3.8) is 0 Å². The third kappa shape index (κ3) is 2.14. The molecule has 0 unspecified atom stereocenters. The number of hydrogen-bond acceptors (Lipinski definition) is 4. The molecule has 0 spiro atoms. The van der Waals surface area contributed by atoms with Gasteiger partial charge in [0.25, 0.3) is 0 Å². The van der Waals surface area contributed by atoms with Crippen molar-refractivity contribution < 1.29 is 13.9 Å². The number of esters is 1. The van der Waals surface area contributed by atoms with Gasteiger partial charge in [0.1, 0.15) is 11.3 Å². The third-order valence-electron chi connectivity index (χ3n) is 2.87. The molecule has 0 N–H and O–H groups in total. The van der Waals surface area contributed by atoms with Crippen LogP contribution in [0.2, 0.25) is 0 Å². The highest BCUT2D eigenvalue weighted by Crippen LogP contribution is 2.24. The second-order valence-corrected chi connectivity index (χ2v) is 4.10. The molecule has 0 atom stereocenters. The van der Waals surface area contributed by atoms with Crippen LogP contribution in [-0.4, -0.2) is 5.97 Å². The van der Waals surface area contributed by atoms with Gasteiger partial charge in [-0.3, -0.25) is 4.79 Å². The molecule has 0 radical (unpaired) electrons. The predicted molar refractivity (Wildman–Crippen MR) is 67.9 cm³/mol. The molecule has 0 saturated heterocycles. The van der Waals surface area contributed by atoms with Crippen LogP contribution >= 0.6 is 0 Å². The summed E-state index contributed by atoms with van der Waals surface area (Å²) in [5.41, 5.74) is 1.71. The van der Waals surface area contributed by atoms with E-state index in [-0.39, 0.29) is 5.63 Å². The quantitative estimate of drug-likeness (QED) is 0.464. The highest BCUT2D eigenvalue weighted by atomic mass is 16.5. The SMILES string of the molecule is CCc1c(C)c2ccc(OC(C)=O)cc2oc1=O. The van der Waals surface area contributed by atoms with E-state index in [4.69, 9.17) is 9.15 Å². The number of fused-ring (bicyclic) bond motifs is 1. The average Bonchev–Trinajstić information content (AvgIpc) is 2.28. The smallest absolute Gasteiger partial charge is 0.339 e. The number of ether oxygens (including phenoxy) is 1. The lowest BCUT2D eigenvalue weighted by Gasteiger charge is -2.07. The molecule has 0 fully saturated rings. The lowest BCUT2D eigenvalue weighted by atomic mass is 10.0. The van der Waals surface area contributed by atoms with Crippen molar-refractivity contribution in [2.24, 2.45) is 0 Å². The van der Waals surface area contributed by atoms with E-state index in [2.05, 4.69) is 0 Å². The molecule has 1 heterocycles. The van der Waals surface area contributed by atoms with Crippen LogP contribution in [0, 0.1) is 6.92 Å². The van der Waals surface area contributed by atoms with Crippen molar-refractivity contribution in [1.82, 2.24) is 0 Å². The van der Waals surface area contributed by atoms with Crippen LogP contribution < -0.4 is 10.4 Å². The van der Waals surface area contributed by atoms with Gasteiger partial charge in [0.05, 0.1) is 0 Å². The second-order valence-electron chi connectivity index (χ2n) is 4.10. The first-order chi connectivity index (χ1) is 8.52. The maximum absolute atomic E-state index is 11.7. The van der Waals surface area contributed by atoms with Crippen molar-refractivity contribution in [1.29, 1.82) is 0 Å². The molecule has 1 aromatic heterocycles. The first-order valence-corrected chi connectivity index (χ1v) is 5.77. The van der Waals surface area contributed by atoms with Crippen LogP contribution in [0.4, 0.5) is 0 Å². The number of rotatable bonds is 2. The number of hydrogen-bond donors (Lipinski definition) is 0. The minimum absolute atomic E-state index is 0.331. The largest absolute Gasteiger partial charge is 0.427 e. The Kier molecular flexibility index (Phi) is 3.19. The highest BCUT2D eigenvalue weighted by Gasteiger charge is 2.10. The van der Waals surface area contributed by atoms with Crippen molar-refractivity contribution in [3.8, 4) is 5.75 Å². The summed E-state index contributed by atoms with van der Waals surface area (Å²) in [6.45, 7) is 5.13. The van der Waals surface area contributed by atoms with E-state index in [1.807, 2.05) is 13.8 Å². The topological polar surface area (TPSA) is 56.5 Å². The first-order valence-electron chi connectivity index (χ1n) is 5.77. The molecule has 1 aromatic carbocycles. The standard InChI is InChI=1S/C14H14O4/c1-4-11-8(2)12-6-5-10(17-9(3)15)7-13(12)18-14(11)16/h5-7H,4H2,1-3H3. The van der Waals surface area contributed by atoms with Crippen molar-refractivity contribution >= 4 is 16.9 Å². The fraction of sp³-hybridized carbons (Fsp3) is 0.286. The van der Waals surface area contributed by atoms with Gasteiger partial charge < -0.3 is 9.15 Å². The molecular weight excluding hydrogens is 232 g/mol. The second kappa shape index (κ2) is 4.64. The van der Waals surface area contributed by atoms with E-state index in [1.54, 1.807) is 18.2 Å². The summed E-state index contributed by atoms with van der Waals surface area (Å²) in [6, 6.07) is 5.05. The maximum Gasteiger partial charge on any atom is 0.339 e. The van der Waals surface area contributed by atoms with Gasteiger partial charge in [-0.1, -0.05) is 6.92 Å². The minimum atomic E-state index is -0.404. The van der Waals surface area contributed by atoms with Crippen molar-refractivity contribution in [2.45, 2.75) is 27.2 Å². The zero-order valence-electron chi connectivity index (χ0n) is 10.6. The molecule has 2 rings (SSSR count). The van der Waals surface area contributed by atoms with E-state index in [1.165, 1.54) is 6.92 Å². The Hall–Kier alpha value is -2.10. The average molecular weight is 246 g/mol. The number of carbonyl (C=O) groups excluding carboxylic acids is 1. The molecule has 18 heavy (non-hydrogen) atoms. The lowest BCUT2D eigenvalue weighted by Crippen LogP contribution is -2.09. The van der Waals surface area contributed by atoms with Gasteiger partial charge in [-0.05, 0) is 31.0 Å². The van der Waals surface area contributed by atoms with Gasteiger partial charge in [0, 0.05) is 23.9 Å². The summed E-state index contributed by atoms with van der Waals surface area (Å²) in [6.07, 6.45) is 0.635. The van der Waals surface area contributed by atoms with Crippen LogP contribution in [0.15, 0.2) is 27.4 Å². The summed E-state index contributed by atoms with van der Waals surface area (Å²) in [7, 11) is 0. The number of carbonyl (C=O) groups is 1. The first kappa shape index (κ1) is 12.4. The van der Waals surface area contributed by atoms with E-state index < -0.39 is 5.97 Å². The number of benzene rings is 1. The van der Waals surface area contributed by atoms with E-state index in [0.717, 1.165) is 10.9 Å². The Morgan fingerprint density at radius 3 is 2.72 bits per heavy atom. The van der Waals surface area contributed by atoms with Crippen LogP contribution in [0.3, 0.4) is 0 Å². The van der Waals surface area contributed by atoms with Gasteiger partial charge in [-0.25, -0.2) is 4.79 Å². The van der Waals surface area contributed by atoms with Gasteiger partial charge in [-0.2, -0.15) is 0 Å². The fourth-order valence-corrected chi connectivity index (χ4v) is 2.01. The summed E-state index contributed by atoms with van der Waals surface area (Å²) >= 11 is 0. The molecule has 2 aromatic rings. The van der Waals surface area contributed by atoms with Crippen molar-refractivity contribution in [2.75, 3.05) is 0 Å². The third-order valence-corrected chi connectivity index (χ3v) is 2.87. The molecule has 4 nitrogen and oxygen atoms in total. The van der Waals surface area contributed by atoms with Crippen molar-refractivity contribution in [3.05, 3.63) is 39.7 Å². The molecule has 0 aliphatic carbocycles. The molecule has 0 aliphatic heterocycles. The molecule has 94 valence electrons. The zero-order chi connectivity index (χ0) is 13.3. The normalized spacial score (nSPS) is 10.6. The lowest BCUT2D eigenvalue weighted by molar-refractivity contribution is -0.131. The van der Waals surface area contributed by atoms with Crippen LogP contribution in [0.25, 0.3) is 11.0 Å². The van der Waals surface area contributed by atoms with E-state index >= 15 is 0 Å². The number of aryl methyl sites for hydroxylation is 1. The van der Waals surface area contributed by atoms with Gasteiger partial charge >= 0.3 is 11.6 Å². The minimum Gasteiger partial charge on any atom is -0.427 e. The monoisotopic (exact) mass is 246 g/mol. The Balaban J connectivity index is 2.65. The molecule has 0 aliphatic rings.